The van der Waals surface area contributed by atoms with E-state index in [0.717, 1.165) is 29.0 Å². The van der Waals surface area contributed by atoms with Gasteiger partial charge in [-0.05, 0) is 24.4 Å². The molecule has 2 aromatic carbocycles. The van der Waals surface area contributed by atoms with Crippen LogP contribution in [0.2, 0.25) is 10.0 Å². The highest BCUT2D eigenvalue weighted by molar-refractivity contribution is 8.17. The summed E-state index contributed by atoms with van der Waals surface area (Å²) in [6.07, 6.45) is 0. The minimum atomic E-state index is 0.666. The molecular formula is C16H12Cl2N2S. The van der Waals surface area contributed by atoms with Crippen molar-refractivity contribution < 1.29 is 0 Å². The Bertz CT molecular complexity index is 826. The van der Waals surface area contributed by atoms with Crippen LogP contribution in [0.25, 0.3) is 16.5 Å². The van der Waals surface area contributed by atoms with Gasteiger partial charge in [-0.2, -0.15) is 0 Å². The molecule has 5 heteroatoms. The number of allylic oxidation sites excluding steroid dienone is 1. The van der Waals surface area contributed by atoms with E-state index in [4.69, 9.17) is 23.2 Å². The Morgan fingerprint density at radius 2 is 2.05 bits per heavy atom. The fraction of sp³-hybridized carbons (Fsp3) is 0.188. The average molecular weight is 335 g/mol. The second-order valence-corrected chi connectivity index (χ2v) is 7.14. The first-order valence-corrected chi connectivity index (χ1v) is 8.31. The van der Waals surface area contributed by atoms with Gasteiger partial charge in [0, 0.05) is 32.4 Å². The maximum atomic E-state index is 6.35. The summed E-state index contributed by atoms with van der Waals surface area (Å²) in [6, 6.07) is 10.0. The number of halogens is 2. The van der Waals surface area contributed by atoms with E-state index in [0.29, 0.717) is 10.0 Å². The number of benzene rings is 2. The van der Waals surface area contributed by atoms with Crippen molar-refractivity contribution in [2.24, 2.45) is 4.99 Å². The van der Waals surface area contributed by atoms with E-state index in [1.165, 1.54) is 16.2 Å². The number of rotatable bonds is 1. The number of amidine groups is 1. The van der Waals surface area contributed by atoms with Crippen molar-refractivity contribution in [3.05, 3.63) is 50.8 Å². The van der Waals surface area contributed by atoms with E-state index in [2.05, 4.69) is 22.9 Å². The molecule has 2 aromatic rings. The first-order chi connectivity index (χ1) is 10.1. The molecule has 106 valence electrons. The summed E-state index contributed by atoms with van der Waals surface area (Å²) >= 11 is 14.3. The molecule has 2 aliphatic heterocycles. The molecule has 2 heterocycles. The molecule has 0 saturated carbocycles. The normalized spacial score (nSPS) is 17.7. The number of fused-ring (bicyclic) bond motifs is 2. The molecule has 0 atom stereocenters. The van der Waals surface area contributed by atoms with E-state index >= 15 is 0 Å². The van der Waals surface area contributed by atoms with E-state index in [1.54, 1.807) is 17.8 Å². The molecule has 0 radical (unpaired) electrons. The Kier molecular flexibility index (Phi) is 3.18. The quantitative estimate of drug-likeness (QED) is 0.707. The van der Waals surface area contributed by atoms with Gasteiger partial charge in [0.25, 0.3) is 0 Å². The zero-order valence-corrected chi connectivity index (χ0v) is 13.7. The van der Waals surface area contributed by atoms with Crippen LogP contribution >= 0.6 is 35.0 Å². The Morgan fingerprint density at radius 3 is 2.90 bits per heavy atom. The maximum Gasteiger partial charge on any atom is 0.168 e. The van der Waals surface area contributed by atoms with Crippen molar-refractivity contribution in [1.82, 2.24) is 4.90 Å². The highest BCUT2D eigenvalue weighted by Crippen LogP contribution is 2.44. The molecule has 4 rings (SSSR count). The van der Waals surface area contributed by atoms with Crippen LogP contribution in [-0.2, 0) is 0 Å². The van der Waals surface area contributed by atoms with Gasteiger partial charge in [-0.1, -0.05) is 53.2 Å². The third-order valence-corrected chi connectivity index (χ3v) is 5.38. The van der Waals surface area contributed by atoms with Gasteiger partial charge < -0.3 is 4.90 Å². The number of nitrogens with zero attached hydrogens (tertiary/aromatic N) is 2. The zero-order valence-electron chi connectivity index (χ0n) is 11.4. The van der Waals surface area contributed by atoms with Crippen molar-refractivity contribution in [3.63, 3.8) is 0 Å². The third kappa shape index (κ3) is 2.07. The molecule has 0 amide bonds. The van der Waals surface area contributed by atoms with Gasteiger partial charge in [-0.3, -0.25) is 4.99 Å². The summed E-state index contributed by atoms with van der Waals surface area (Å²) in [7, 11) is 0. The summed E-state index contributed by atoms with van der Waals surface area (Å²) in [5.74, 6) is 0. The summed E-state index contributed by atoms with van der Waals surface area (Å²) in [5.41, 5.74) is 2.41. The van der Waals surface area contributed by atoms with Crippen molar-refractivity contribution in [2.45, 2.75) is 6.92 Å². The van der Waals surface area contributed by atoms with Gasteiger partial charge in [-0.15, -0.1) is 0 Å². The van der Waals surface area contributed by atoms with E-state index in [-0.39, 0.29) is 0 Å². The van der Waals surface area contributed by atoms with Gasteiger partial charge in [0.2, 0.25) is 0 Å². The zero-order chi connectivity index (χ0) is 14.6. The van der Waals surface area contributed by atoms with E-state index in [1.807, 2.05) is 18.2 Å². The monoisotopic (exact) mass is 334 g/mol. The van der Waals surface area contributed by atoms with Gasteiger partial charge in [-0.25, -0.2) is 0 Å². The largest absolute Gasteiger partial charge is 0.318 e. The lowest BCUT2D eigenvalue weighted by atomic mass is 10.0. The minimum absolute atomic E-state index is 0.666. The molecule has 0 aromatic heterocycles. The second kappa shape index (κ2) is 4.94. The lowest BCUT2D eigenvalue weighted by molar-refractivity contribution is 0.648. The van der Waals surface area contributed by atoms with Crippen LogP contribution in [0.4, 0.5) is 0 Å². The maximum absolute atomic E-state index is 6.35. The Morgan fingerprint density at radius 1 is 1.19 bits per heavy atom. The molecule has 0 N–H and O–H groups in total. The van der Waals surface area contributed by atoms with Gasteiger partial charge >= 0.3 is 0 Å². The van der Waals surface area contributed by atoms with Crippen LogP contribution in [0.3, 0.4) is 0 Å². The van der Waals surface area contributed by atoms with Crippen LogP contribution in [0.5, 0.6) is 0 Å². The van der Waals surface area contributed by atoms with Gasteiger partial charge in [0.05, 0.1) is 12.2 Å². The van der Waals surface area contributed by atoms with Crippen molar-refractivity contribution in [3.8, 4) is 0 Å². The van der Waals surface area contributed by atoms with Crippen LogP contribution in [0.1, 0.15) is 12.5 Å². The molecule has 2 aliphatic rings. The van der Waals surface area contributed by atoms with Crippen LogP contribution in [0, 0.1) is 0 Å². The first-order valence-electron chi connectivity index (χ1n) is 6.74. The fourth-order valence-electron chi connectivity index (χ4n) is 2.95. The van der Waals surface area contributed by atoms with Crippen LogP contribution < -0.4 is 0 Å². The Balaban J connectivity index is 1.99. The summed E-state index contributed by atoms with van der Waals surface area (Å²) in [6.45, 7) is 3.96. The average Bonchev–Trinajstić information content (AvgIpc) is 2.98. The molecule has 2 nitrogen and oxygen atoms in total. The van der Waals surface area contributed by atoms with Gasteiger partial charge in [0.15, 0.2) is 5.17 Å². The van der Waals surface area contributed by atoms with Crippen molar-refractivity contribution >= 4 is 56.6 Å². The predicted molar refractivity (Wildman–Crippen MR) is 93.2 cm³/mol. The van der Waals surface area contributed by atoms with Crippen LogP contribution in [-0.4, -0.2) is 23.2 Å². The SMILES string of the molecule is CC1=C(c2cccc3c(Cl)cc(Cl)cc23)N2CCN=C2S1. The van der Waals surface area contributed by atoms with E-state index < -0.39 is 0 Å². The lowest BCUT2D eigenvalue weighted by Gasteiger charge is -2.19. The molecule has 0 saturated heterocycles. The standard InChI is InChI=1S/C16H12Cl2N2S/c1-9-15(20-6-5-19-16(20)21-9)12-4-2-3-11-13(12)7-10(17)8-14(11)18/h2-4,7-8H,5-6H2,1H3. The highest BCUT2D eigenvalue weighted by Gasteiger charge is 2.31. The molecule has 0 fully saturated rings. The third-order valence-electron chi connectivity index (χ3n) is 3.81. The minimum Gasteiger partial charge on any atom is -0.318 e. The Hall–Kier alpha value is -1.16. The summed E-state index contributed by atoms with van der Waals surface area (Å²) in [4.78, 5) is 8.12. The van der Waals surface area contributed by atoms with Crippen LogP contribution in [0.15, 0.2) is 40.2 Å². The second-order valence-electron chi connectivity index (χ2n) is 5.11. The fourth-order valence-corrected chi connectivity index (χ4v) is 4.54. The summed E-state index contributed by atoms with van der Waals surface area (Å²) < 4.78 is 0. The molecule has 21 heavy (non-hydrogen) atoms. The molecule has 0 bridgehead atoms. The van der Waals surface area contributed by atoms with Crippen molar-refractivity contribution in [2.75, 3.05) is 13.1 Å². The number of hydrogen-bond acceptors (Lipinski definition) is 3. The first kappa shape index (κ1) is 13.5. The molecule has 0 spiro atoms. The number of aliphatic imine (C=N–C) groups is 1. The molecule has 0 aliphatic carbocycles. The topological polar surface area (TPSA) is 15.6 Å². The van der Waals surface area contributed by atoms with Gasteiger partial charge in [0.1, 0.15) is 0 Å². The van der Waals surface area contributed by atoms with Crippen molar-refractivity contribution in [1.29, 1.82) is 0 Å². The van der Waals surface area contributed by atoms with E-state index in [9.17, 15) is 0 Å². The number of thioether (sulfide) groups is 1. The Labute approximate surface area is 137 Å². The predicted octanol–water partition coefficient (Wildman–Crippen LogP) is 5.25. The summed E-state index contributed by atoms with van der Waals surface area (Å²) in [5, 5.41) is 4.59. The highest BCUT2D eigenvalue weighted by atomic mass is 35.5. The smallest absolute Gasteiger partial charge is 0.168 e. The molecule has 0 unspecified atom stereocenters. The molecular weight excluding hydrogens is 323 g/mol. The lowest BCUT2D eigenvalue weighted by Crippen LogP contribution is -2.20. The number of hydrogen-bond donors (Lipinski definition) is 0.